The van der Waals surface area contributed by atoms with E-state index in [1.54, 1.807) is 0 Å². The number of hydrogen-bond acceptors (Lipinski definition) is 20. The van der Waals surface area contributed by atoms with Crippen LogP contribution < -0.4 is 29.9 Å². The van der Waals surface area contributed by atoms with Crippen LogP contribution in [-0.4, -0.2) is 143 Å². The minimum atomic E-state index is -4.88. The number of hydrogen-bond donors (Lipinski definition) is 8. The van der Waals surface area contributed by atoms with Crippen LogP contribution in [-0.2, 0) is 20.2 Å². The summed E-state index contributed by atoms with van der Waals surface area (Å²) in [6, 6.07) is 7.32. The third kappa shape index (κ3) is 11.1. The van der Waals surface area contributed by atoms with Crippen molar-refractivity contribution in [1.82, 2.24) is 29.9 Å². The van der Waals surface area contributed by atoms with E-state index in [1.807, 2.05) is 0 Å². The van der Waals surface area contributed by atoms with Gasteiger partial charge in [0.15, 0.2) is 0 Å². The van der Waals surface area contributed by atoms with E-state index < -0.39 is 30.0 Å². The molecule has 24 heteroatoms. The van der Waals surface area contributed by atoms with Crippen molar-refractivity contribution >= 4 is 67.6 Å². The molecule has 0 radical (unpaired) electrons. The molecule has 0 amide bonds. The van der Waals surface area contributed by atoms with E-state index in [2.05, 4.69) is 40.5 Å². The van der Waals surface area contributed by atoms with Crippen LogP contribution in [0.15, 0.2) is 46.2 Å². The summed E-state index contributed by atoms with van der Waals surface area (Å²) in [6.45, 7) is -0.787. The smallest absolute Gasteiger partial charge is 0.322 e. The van der Waals surface area contributed by atoms with Gasteiger partial charge in [-0.15, -0.1) is 0 Å². The van der Waals surface area contributed by atoms with Crippen molar-refractivity contribution in [2.45, 2.75) is 9.79 Å². The lowest BCUT2D eigenvalue weighted by molar-refractivity contribution is 0.279. The third-order valence-corrected chi connectivity index (χ3v) is 8.97. The van der Waals surface area contributed by atoms with Gasteiger partial charge in [0.05, 0.1) is 40.6 Å². The van der Waals surface area contributed by atoms with Crippen molar-refractivity contribution in [3.63, 3.8) is 0 Å². The predicted octanol–water partition coefficient (Wildman–Crippen LogP) is -0.193. The minimum Gasteiger partial charge on any atom is -0.467 e. The minimum absolute atomic E-state index is 0.0402. The van der Waals surface area contributed by atoms with Crippen molar-refractivity contribution < 1.29 is 55.8 Å². The van der Waals surface area contributed by atoms with Gasteiger partial charge >= 0.3 is 12.0 Å². The number of benzene rings is 2. The van der Waals surface area contributed by atoms with E-state index in [-0.39, 0.29) is 111 Å². The molecule has 0 atom stereocenters. The van der Waals surface area contributed by atoms with Gasteiger partial charge in [0.25, 0.3) is 20.2 Å². The number of aliphatic hydroxyl groups excluding tert-OH is 4. The van der Waals surface area contributed by atoms with Crippen LogP contribution in [0.4, 0.5) is 35.2 Å². The molecule has 0 aliphatic carbocycles. The largest absolute Gasteiger partial charge is 0.467 e. The molecule has 4 rings (SSSR count). The van der Waals surface area contributed by atoms with Crippen molar-refractivity contribution in [2.75, 3.05) is 87.3 Å². The molecule has 0 unspecified atom stereocenters. The first-order valence-corrected chi connectivity index (χ1v) is 18.6. The molecule has 0 fully saturated rings. The number of rotatable bonds is 20. The molecule has 54 heavy (non-hydrogen) atoms. The number of methoxy groups -OCH3 is 2. The van der Waals surface area contributed by atoms with Crippen LogP contribution in [0.2, 0.25) is 0 Å². The predicted molar refractivity (Wildman–Crippen MR) is 194 cm³/mol. The van der Waals surface area contributed by atoms with E-state index in [4.69, 9.17) is 9.47 Å². The Labute approximate surface area is 309 Å². The Morgan fingerprint density at radius 1 is 0.593 bits per heavy atom. The van der Waals surface area contributed by atoms with E-state index >= 15 is 0 Å². The molecule has 4 aromatic rings. The molecule has 2 aromatic carbocycles. The van der Waals surface area contributed by atoms with Gasteiger partial charge in [-0.25, -0.2) is 0 Å². The molecule has 0 aliphatic heterocycles. The second-order valence-corrected chi connectivity index (χ2v) is 13.6. The van der Waals surface area contributed by atoms with Crippen molar-refractivity contribution in [3.8, 4) is 12.0 Å². The van der Waals surface area contributed by atoms with E-state index in [1.165, 1.54) is 60.4 Å². The molecule has 8 N–H and O–H groups in total. The number of ether oxygens (including phenoxy) is 2. The lowest BCUT2D eigenvalue weighted by Gasteiger charge is -2.21. The highest BCUT2D eigenvalue weighted by atomic mass is 32.2. The summed E-state index contributed by atoms with van der Waals surface area (Å²) in [5.41, 5.74) is 0.0472. The summed E-state index contributed by atoms with van der Waals surface area (Å²) in [6.07, 6.45) is 2.41. The molecular weight excluding hydrogens is 757 g/mol. The molecular formula is C30H38N10O12S2. The maximum Gasteiger partial charge on any atom is 0.322 e. The third-order valence-electron chi connectivity index (χ3n) is 7.15. The van der Waals surface area contributed by atoms with E-state index in [9.17, 15) is 46.4 Å². The molecule has 0 bridgehead atoms. The van der Waals surface area contributed by atoms with Gasteiger partial charge in [-0.1, -0.05) is 24.3 Å². The molecule has 0 aliphatic rings. The summed E-state index contributed by atoms with van der Waals surface area (Å²) in [5, 5.41) is 43.2. The SMILES string of the molecule is COc1nc(Nc2ccc(/C=C/c3ccc(Nc4nc(OC)nc(N(CCO)CCO)n4)cc3S(=O)(=O)O)c(S(=O)(=O)O)c2)nc(N(CCO)CCO)n1. The average molecular weight is 795 g/mol. The lowest BCUT2D eigenvalue weighted by Crippen LogP contribution is -2.31. The first-order valence-electron chi connectivity index (χ1n) is 15.7. The second kappa shape index (κ2) is 18.6. The fourth-order valence-electron chi connectivity index (χ4n) is 4.76. The van der Waals surface area contributed by atoms with Crippen molar-refractivity contribution in [3.05, 3.63) is 47.5 Å². The molecule has 0 spiro atoms. The maximum absolute atomic E-state index is 12.5. The Balaban J connectivity index is 1.67. The molecule has 292 valence electrons. The number of aliphatic hydroxyl groups is 4. The summed E-state index contributed by atoms with van der Waals surface area (Å²) in [5.74, 6) is -0.127. The van der Waals surface area contributed by atoms with E-state index in [0.717, 1.165) is 12.1 Å². The van der Waals surface area contributed by atoms with Gasteiger partial charge in [0.1, 0.15) is 9.79 Å². The average Bonchev–Trinajstić information content (AvgIpc) is 3.13. The summed E-state index contributed by atoms with van der Waals surface area (Å²) < 4.78 is 80.3. The normalized spacial score (nSPS) is 11.8. The van der Waals surface area contributed by atoms with Crippen LogP contribution in [0.3, 0.4) is 0 Å². The Bertz CT molecular complexity index is 2000. The fourth-order valence-corrected chi connectivity index (χ4v) is 6.18. The van der Waals surface area contributed by atoms with Crippen LogP contribution in [0.25, 0.3) is 12.2 Å². The van der Waals surface area contributed by atoms with Gasteiger partial charge in [0, 0.05) is 37.6 Å². The van der Waals surface area contributed by atoms with Gasteiger partial charge in [0.2, 0.25) is 23.8 Å². The number of aromatic nitrogens is 6. The zero-order chi connectivity index (χ0) is 39.5. The Morgan fingerprint density at radius 2 is 0.944 bits per heavy atom. The van der Waals surface area contributed by atoms with Gasteiger partial charge in [-0.05, 0) is 35.4 Å². The highest BCUT2D eigenvalue weighted by Gasteiger charge is 2.20. The van der Waals surface area contributed by atoms with Crippen molar-refractivity contribution in [2.24, 2.45) is 0 Å². The van der Waals surface area contributed by atoms with E-state index in [0.29, 0.717) is 0 Å². The van der Waals surface area contributed by atoms with Crippen LogP contribution in [0.5, 0.6) is 12.0 Å². The Hall–Kier alpha value is -5.34. The first kappa shape index (κ1) is 41.4. The highest BCUT2D eigenvalue weighted by molar-refractivity contribution is 7.86. The molecule has 2 aromatic heterocycles. The second-order valence-electron chi connectivity index (χ2n) is 10.8. The summed E-state index contributed by atoms with van der Waals surface area (Å²) >= 11 is 0. The maximum atomic E-state index is 12.5. The first-order chi connectivity index (χ1) is 25.7. The quantitative estimate of drug-likeness (QED) is 0.0424. The van der Waals surface area contributed by atoms with Crippen molar-refractivity contribution in [1.29, 1.82) is 0 Å². The van der Waals surface area contributed by atoms with Crippen LogP contribution >= 0.6 is 0 Å². The number of nitrogens with zero attached hydrogens (tertiary/aromatic N) is 8. The van der Waals surface area contributed by atoms with Gasteiger partial charge in [-0.3, -0.25) is 9.11 Å². The standard InChI is InChI=1S/C30H38N10O12S2/c1-51-29-35-25(33-27(37-29)39(9-13-41)10-14-42)31-21-7-5-19(23(17-21)53(45,46)47)3-4-20-6-8-22(18-24(20)54(48,49)50)32-26-34-28(38-30(36-26)52-2)40(11-15-43)12-16-44/h3-8,17-18,41-44H,9-16H2,1-2H3,(H,45,46,47)(H,48,49,50)(H,31,33,35,37)(H,32,34,36,38)/b4-3+. The van der Waals surface area contributed by atoms with Gasteiger partial charge in [-0.2, -0.15) is 46.7 Å². The number of anilines is 6. The Morgan fingerprint density at radius 3 is 1.24 bits per heavy atom. The van der Waals surface area contributed by atoms with Crippen LogP contribution in [0, 0.1) is 0 Å². The molecule has 2 heterocycles. The Kier molecular flexibility index (Phi) is 14.3. The monoisotopic (exact) mass is 794 g/mol. The zero-order valence-corrected chi connectivity index (χ0v) is 30.4. The van der Waals surface area contributed by atoms with Gasteiger partial charge < -0.3 is 50.3 Å². The lowest BCUT2D eigenvalue weighted by atomic mass is 10.1. The molecule has 0 saturated carbocycles. The topological polar surface area (TPSA) is 316 Å². The molecule has 22 nitrogen and oxygen atoms in total. The zero-order valence-electron chi connectivity index (χ0n) is 28.8. The fraction of sp³-hybridized carbons (Fsp3) is 0.333. The summed E-state index contributed by atoms with van der Waals surface area (Å²) in [7, 11) is -7.14. The highest BCUT2D eigenvalue weighted by Crippen LogP contribution is 2.29. The number of nitrogens with one attached hydrogen (secondary N) is 2. The van der Waals surface area contributed by atoms with Crippen LogP contribution in [0.1, 0.15) is 11.1 Å². The molecule has 0 saturated heterocycles. The summed E-state index contributed by atoms with van der Waals surface area (Å²) in [4.78, 5) is 26.6.